The maximum Gasteiger partial charge on any atom is 0.257 e. The van der Waals surface area contributed by atoms with Gasteiger partial charge >= 0.3 is 0 Å². The molecule has 0 saturated heterocycles. The van der Waals surface area contributed by atoms with Crippen molar-refractivity contribution in [3.63, 3.8) is 0 Å². The number of amides is 1. The van der Waals surface area contributed by atoms with Gasteiger partial charge in [-0.2, -0.15) is 0 Å². The zero-order valence-electron chi connectivity index (χ0n) is 15.0. The van der Waals surface area contributed by atoms with E-state index in [9.17, 15) is 9.59 Å². The normalized spacial score (nSPS) is 10.1. The van der Waals surface area contributed by atoms with Crippen LogP contribution in [0.1, 0.15) is 27.6 Å². The minimum atomic E-state index is -0.281. The molecule has 6 heteroatoms. The number of anilines is 3. The summed E-state index contributed by atoms with van der Waals surface area (Å²) in [6.45, 7) is 1.50. The van der Waals surface area contributed by atoms with Crippen LogP contribution in [0.15, 0.2) is 67.0 Å². The second kappa shape index (κ2) is 8.14. The van der Waals surface area contributed by atoms with Gasteiger partial charge in [-0.3, -0.25) is 14.6 Å². The molecule has 0 radical (unpaired) electrons. The van der Waals surface area contributed by atoms with Gasteiger partial charge in [0.1, 0.15) is 5.75 Å². The second-order valence-electron chi connectivity index (χ2n) is 5.90. The Morgan fingerprint density at radius 1 is 0.852 bits per heavy atom. The van der Waals surface area contributed by atoms with Gasteiger partial charge in [-0.1, -0.05) is 0 Å². The maximum absolute atomic E-state index is 12.5. The lowest BCUT2D eigenvalue weighted by Gasteiger charge is -2.09. The van der Waals surface area contributed by atoms with E-state index in [0.29, 0.717) is 22.5 Å². The van der Waals surface area contributed by atoms with Crippen molar-refractivity contribution >= 4 is 28.8 Å². The minimum Gasteiger partial charge on any atom is -0.497 e. The third-order valence-electron chi connectivity index (χ3n) is 3.93. The summed E-state index contributed by atoms with van der Waals surface area (Å²) < 4.78 is 5.14. The lowest BCUT2D eigenvalue weighted by atomic mass is 10.1. The monoisotopic (exact) mass is 361 g/mol. The number of carbonyl (C=O) groups excluding carboxylic acids is 2. The summed E-state index contributed by atoms with van der Waals surface area (Å²) in [7, 11) is 1.61. The molecule has 0 aliphatic heterocycles. The van der Waals surface area contributed by atoms with Crippen molar-refractivity contribution in [3.05, 3.63) is 78.1 Å². The van der Waals surface area contributed by atoms with Crippen molar-refractivity contribution in [3.8, 4) is 5.75 Å². The van der Waals surface area contributed by atoms with Crippen LogP contribution in [0.25, 0.3) is 0 Å². The van der Waals surface area contributed by atoms with Gasteiger partial charge in [-0.25, -0.2) is 0 Å². The predicted molar refractivity (Wildman–Crippen MR) is 105 cm³/mol. The Kier molecular flexibility index (Phi) is 5.47. The Morgan fingerprint density at radius 3 is 2.15 bits per heavy atom. The van der Waals surface area contributed by atoms with Gasteiger partial charge in [0, 0.05) is 23.1 Å². The summed E-state index contributed by atoms with van der Waals surface area (Å²) >= 11 is 0. The number of ether oxygens (including phenoxy) is 1. The van der Waals surface area contributed by atoms with E-state index in [1.165, 1.54) is 13.1 Å². The third-order valence-corrected chi connectivity index (χ3v) is 3.93. The number of ketones is 1. The van der Waals surface area contributed by atoms with Crippen molar-refractivity contribution in [1.82, 2.24) is 4.98 Å². The minimum absolute atomic E-state index is 0.0191. The molecule has 0 atom stereocenters. The van der Waals surface area contributed by atoms with E-state index in [0.717, 1.165) is 11.4 Å². The Morgan fingerprint density at radius 2 is 1.52 bits per heavy atom. The average molecular weight is 361 g/mol. The van der Waals surface area contributed by atoms with Crippen molar-refractivity contribution in [2.24, 2.45) is 0 Å². The molecule has 136 valence electrons. The number of aromatic nitrogens is 1. The molecular formula is C21H19N3O3. The highest BCUT2D eigenvalue weighted by molar-refractivity contribution is 6.05. The van der Waals surface area contributed by atoms with Crippen molar-refractivity contribution in [2.45, 2.75) is 6.92 Å². The third kappa shape index (κ3) is 4.70. The highest BCUT2D eigenvalue weighted by Crippen LogP contribution is 2.20. The van der Waals surface area contributed by atoms with E-state index in [-0.39, 0.29) is 11.7 Å². The number of Topliss-reactive ketones (excluding diaryl/α,β-unsaturated/α-hetero) is 1. The molecule has 1 amide bonds. The van der Waals surface area contributed by atoms with Crippen LogP contribution in [-0.2, 0) is 0 Å². The number of hydrogen-bond donors (Lipinski definition) is 2. The number of hydrogen-bond acceptors (Lipinski definition) is 5. The Labute approximate surface area is 157 Å². The van der Waals surface area contributed by atoms with Crippen molar-refractivity contribution < 1.29 is 14.3 Å². The van der Waals surface area contributed by atoms with E-state index < -0.39 is 0 Å². The molecule has 0 bridgehead atoms. The molecule has 0 unspecified atom stereocenters. The van der Waals surface area contributed by atoms with Gasteiger partial charge in [0.25, 0.3) is 5.91 Å². The van der Waals surface area contributed by atoms with Crippen LogP contribution in [0.5, 0.6) is 5.75 Å². The zero-order chi connectivity index (χ0) is 19.2. The maximum atomic E-state index is 12.5. The summed E-state index contributed by atoms with van der Waals surface area (Å²) in [6.07, 6.45) is 3.14. The van der Waals surface area contributed by atoms with E-state index in [1.807, 2.05) is 24.3 Å². The summed E-state index contributed by atoms with van der Waals surface area (Å²) in [6, 6.07) is 15.9. The number of benzene rings is 2. The van der Waals surface area contributed by atoms with Crippen molar-refractivity contribution in [2.75, 3.05) is 17.7 Å². The van der Waals surface area contributed by atoms with E-state index >= 15 is 0 Å². The highest BCUT2D eigenvalue weighted by Gasteiger charge is 2.08. The fraction of sp³-hybridized carbons (Fsp3) is 0.0952. The molecule has 1 aromatic heterocycles. The van der Waals surface area contributed by atoms with Gasteiger partial charge in [0.05, 0.1) is 24.6 Å². The second-order valence-corrected chi connectivity index (χ2v) is 5.90. The lowest BCUT2D eigenvalue weighted by Crippen LogP contribution is -2.12. The SMILES string of the molecule is COc1ccc(Nc2cncc(C(=O)Nc3ccc(C(C)=O)cc3)c2)cc1. The number of nitrogens with zero attached hydrogens (tertiary/aromatic N) is 1. The van der Waals surface area contributed by atoms with Crippen LogP contribution in [0.3, 0.4) is 0 Å². The number of pyridine rings is 1. The molecule has 27 heavy (non-hydrogen) atoms. The summed E-state index contributed by atoms with van der Waals surface area (Å²) in [4.78, 5) is 27.9. The van der Waals surface area contributed by atoms with E-state index in [4.69, 9.17) is 4.74 Å². The topological polar surface area (TPSA) is 80.3 Å². The Bertz CT molecular complexity index is 951. The first kappa shape index (κ1) is 18.1. The van der Waals surface area contributed by atoms with Crippen LogP contribution in [0, 0.1) is 0 Å². The first-order chi connectivity index (χ1) is 13.0. The summed E-state index contributed by atoms with van der Waals surface area (Å²) in [5.74, 6) is 0.466. The molecule has 2 aromatic carbocycles. The van der Waals surface area contributed by atoms with Crippen LogP contribution in [0.4, 0.5) is 17.1 Å². The fourth-order valence-corrected chi connectivity index (χ4v) is 2.47. The molecule has 0 aliphatic carbocycles. The smallest absolute Gasteiger partial charge is 0.257 e. The van der Waals surface area contributed by atoms with Gasteiger partial charge in [0.2, 0.25) is 0 Å². The Balaban J connectivity index is 1.70. The molecule has 0 aliphatic rings. The van der Waals surface area contributed by atoms with Crippen molar-refractivity contribution in [1.29, 1.82) is 0 Å². The molecular weight excluding hydrogens is 342 g/mol. The molecule has 6 nitrogen and oxygen atoms in total. The molecule has 1 heterocycles. The number of methoxy groups -OCH3 is 1. The molecule has 0 fully saturated rings. The predicted octanol–water partition coefficient (Wildman–Crippen LogP) is 4.29. The Hall–Kier alpha value is -3.67. The van der Waals surface area contributed by atoms with E-state index in [1.54, 1.807) is 43.6 Å². The highest BCUT2D eigenvalue weighted by atomic mass is 16.5. The molecule has 2 N–H and O–H groups in total. The fourth-order valence-electron chi connectivity index (χ4n) is 2.47. The van der Waals surface area contributed by atoms with Gasteiger partial charge in [0.15, 0.2) is 5.78 Å². The average Bonchev–Trinajstić information content (AvgIpc) is 2.69. The first-order valence-electron chi connectivity index (χ1n) is 8.33. The molecule has 0 spiro atoms. The quantitative estimate of drug-likeness (QED) is 0.640. The van der Waals surface area contributed by atoms with Crippen LogP contribution < -0.4 is 15.4 Å². The number of nitrogens with one attached hydrogen (secondary N) is 2. The largest absolute Gasteiger partial charge is 0.497 e. The molecule has 3 rings (SSSR count). The number of rotatable bonds is 6. The van der Waals surface area contributed by atoms with E-state index in [2.05, 4.69) is 15.6 Å². The lowest BCUT2D eigenvalue weighted by molar-refractivity contribution is 0.101. The van der Waals surface area contributed by atoms with Crippen LogP contribution in [0.2, 0.25) is 0 Å². The number of carbonyl (C=O) groups is 2. The van der Waals surface area contributed by atoms with Crippen LogP contribution >= 0.6 is 0 Å². The standard InChI is InChI=1S/C21H19N3O3/c1-14(25)15-3-5-18(6-4-15)24-21(26)16-11-19(13-22-12-16)23-17-7-9-20(27-2)10-8-17/h3-13,23H,1-2H3,(H,24,26). The summed E-state index contributed by atoms with van der Waals surface area (Å²) in [5.41, 5.74) is 3.18. The zero-order valence-corrected chi connectivity index (χ0v) is 15.0. The van der Waals surface area contributed by atoms with Gasteiger partial charge in [-0.05, 0) is 61.5 Å². The van der Waals surface area contributed by atoms with Gasteiger partial charge < -0.3 is 15.4 Å². The summed E-state index contributed by atoms with van der Waals surface area (Å²) in [5, 5.41) is 5.99. The van der Waals surface area contributed by atoms with Crippen LogP contribution in [-0.4, -0.2) is 23.8 Å². The first-order valence-corrected chi connectivity index (χ1v) is 8.33. The van der Waals surface area contributed by atoms with Gasteiger partial charge in [-0.15, -0.1) is 0 Å². The molecule has 0 saturated carbocycles. The molecule has 3 aromatic rings.